The van der Waals surface area contributed by atoms with Crippen molar-refractivity contribution in [2.75, 3.05) is 24.6 Å². The Morgan fingerprint density at radius 3 is 2.50 bits per heavy atom. The molecule has 3 rings (SSSR count). The molecule has 7 heteroatoms. The number of amides is 2. The van der Waals surface area contributed by atoms with Gasteiger partial charge in [-0.2, -0.15) is 0 Å². The van der Waals surface area contributed by atoms with Gasteiger partial charge in [-0.05, 0) is 19.8 Å². The van der Waals surface area contributed by atoms with Gasteiger partial charge in [0.1, 0.15) is 6.61 Å². The fourth-order valence-electron chi connectivity index (χ4n) is 2.99. The van der Waals surface area contributed by atoms with Crippen molar-refractivity contribution >= 4 is 17.8 Å². The highest BCUT2D eigenvalue weighted by Crippen LogP contribution is 2.27. The SMILES string of the molecule is CC(=O)N1CCC(c2cnc(N3C(=O)OC[C@@H]3C)cn2)CC1. The summed E-state index contributed by atoms with van der Waals surface area (Å²) in [4.78, 5) is 35.2. The summed E-state index contributed by atoms with van der Waals surface area (Å²) in [6.45, 7) is 5.42. The normalized spacial score (nSPS) is 22.8. The van der Waals surface area contributed by atoms with Gasteiger partial charge in [0.05, 0.1) is 24.1 Å². The zero-order valence-corrected chi connectivity index (χ0v) is 12.9. The Labute approximate surface area is 129 Å². The third-order valence-electron chi connectivity index (χ3n) is 4.35. The number of hydrogen-bond acceptors (Lipinski definition) is 5. The molecule has 118 valence electrons. The molecule has 0 saturated carbocycles. The number of aromatic nitrogens is 2. The summed E-state index contributed by atoms with van der Waals surface area (Å²) in [5, 5.41) is 0. The van der Waals surface area contributed by atoms with Gasteiger partial charge in [0.2, 0.25) is 5.91 Å². The molecule has 2 fully saturated rings. The maximum atomic E-state index is 11.7. The summed E-state index contributed by atoms with van der Waals surface area (Å²) in [5.74, 6) is 0.974. The van der Waals surface area contributed by atoms with Crippen molar-refractivity contribution < 1.29 is 14.3 Å². The third-order valence-corrected chi connectivity index (χ3v) is 4.35. The molecule has 1 atom stereocenters. The van der Waals surface area contributed by atoms with Gasteiger partial charge in [-0.1, -0.05) is 0 Å². The minimum absolute atomic E-state index is 0.0218. The summed E-state index contributed by atoms with van der Waals surface area (Å²) in [6, 6.07) is -0.0218. The highest BCUT2D eigenvalue weighted by molar-refractivity contribution is 5.88. The molecule has 2 saturated heterocycles. The van der Waals surface area contributed by atoms with E-state index < -0.39 is 0 Å². The number of hydrogen-bond donors (Lipinski definition) is 0. The van der Waals surface area contributed by atoms with Crippen LogP contribution in [0.5, 0.6) is 0 Å². The molecule has 3 heterocycles. The van der Waals surface area contributed by atoms with E-state index in [1.165, 1.54) is 4.90 Å². The number of ether oxygens (including phenoxy) is 1. The highest BCUT2D eigenvalue weighted by Gasteiger charge is 2.32. The summed E-state index contributed by atoms with van der Waals surface area (Å²) in [7, 11) is 0. The van der Waals surface area contributed by atoms with E-state index in [4.69, 9.17) is 4.74 Å². The number of rotatable bonds is 2. The lowest BCUT2D eigenvalue weighted by Crippen LogP contribution is -2.36. The van der Waals surface area contributed by atoms with Crippen LogP contribution in [-0.4, -0.2) is 52.6 Å². The van der Waals surface area contributed by atoms with E-state index in [9.17, 15) is 9.59 Å². The van der Waals surface area contributed by atoms with Crippen LogP contribution in [0.25, 0.3) is 0 Å². The molecular formula is C15H20N4O3. The lowest BCUT2D eigenvalue weighted by molar-refractivity contribution is -0.129. The second-order valence-corrected chi connectivity index (χ2v) is 5.88. The Morgan fingerprint density at radius 1 is 1.27 bits per heavy atom. The fraction of sp³-hybridized carbons (Fsp3) is 0.600. The summed E-state index contributed by atoms with van der Waals surface area (Å²) in [6.07, 6.45) is 4.80. The fourth-order valence-corrected chi connectivity index (χ4v) is 2.99. The van der Waals surface area contributed by atoms with Crippen LogP contribution in [0.4, 0.5) is 10.6 Å². The number of carbonyl (C=O) groups excluding carboxylic acids is 2. The van der Waals surface area contributed by atoms with Crippen molar-refractivity contribution in [3.63, 3.8) is 0 Å². The van der Waals surface area contributed by atoms with Crippen LogP contribution < -0.4 is 4.90 Å². The Morgan fingerprint density at radius 2 is 2.00 bits per heavy atom. The van der Waals surface area contributed by atoms with Crippen molar-refractivity contribution in [3.8, 4) is 0 Å². The van der Waals surface area contributed by atoms with Crippen LogP contribution in [0.1, 0.15) is 38.3 Å². The van der Waals surface area contributed by atoms with E-state index in [2.05, 4.69) is 9.97 Å². The largest absolute Gasteiger partial charge is 0.447 e. The number of likely N-dealkylation sites (tertiary alicyclic amines) is 1. The average Bonchev–Trinajstić information content (AvgIpc) is 2.86. The second-order valence-electron chi connectivity index (χ2n) is 5.88. The van der Waals surface area contributed by atoms with Crippen molar-refractivity contribution in [2.45, 2.75) is 38.6 Å². The highest BCUT2D eigenvalue weighted by atomic mass is 16.6. The molecule has 2 aliphatic heterocycles. The van der Waals surface area contributed by atoms with Crippen molar-refractivity contribution in [2.24, 2.45) is 0 Å². The maximum Gasteiger partial charge on any atom is 0.415 e. The number of piperidine rings is 1. The standard InChI is InChI=1S/C15H20N4O3/c1-10-9-22-15(21)19(10)14-8-16-13(7-17-14)12-3-5-18(6-4-12)11(2)20/h7-8,10,12H,3-6,9H2,1-2H3/t10-/m0/s1. The van der Waals surface area contributed by atoms with Crippen molar-refractivity contribution in [3.05, 3.63) is 18.1 Å². The molecule has 0 spiro atoms. The summed E-state index contributed by atoms with van der Waals surface area (Å²) < 4.78 is 4.99. The molecule has 7 nitrogen and oxygen atoms in total. The van der Waals surface area contributed by atoms with Gasteiger partial charge in [-0.15, -0.1) is 0 Å². The van der Waals surface area contributed by atoms with E-state index in [0.717, 1.165) is 31.6 Å². The summed E-state index contributed by atoms with van der Waals surface area (Å²) in [5.41, 5.74) is 0.923. The molecule has 1 aromatic rings. The summed E-state index contributed by atoms with van der Waals surface area (Å²) >= 11 is 0. The molecule has 0 N–H and O–H groups in total. The molecule has 2 aliphatic rings. The first-order valence-electron chi connectivity index (χ1n) is 7.59. The van der Waals surface area contributed by atoms with Crippen LogP contribution in [0.15, 0.2) is 12.4 Å². The van der Waals surface area contributed by atoms with Crippen LogP contribution >= 0.6 is 0 Å². The molecule has 0 radical (unpaired) electrons. The minimum Gasteiger partial charge on any atom is -0.447 e. The van der Waals surface area contributed by atoms with Gasteiger partial charge in [0.15, 0.2) is 5.82 Å². The van der Waals surface area contributed by atoms with E-state index in [1.54, 1.807) is 19.3 Å². The molecule has 22 heavy (non-hydrogen) atoms. The molecule has 1 aromatic heterocycles. The molecule has 0 bridgehead atoms. The van der Waals surface area contributed by atoms with Gasteiger partial charge >= 0.3 is 6.09 Å². The lowest BCUT2D eigenvalue weighted by Gasteiger charge is -2.30. The van der Waals surface area contributed by atoms with E-state index in [-0.39, 0.29) is 18.0 Å². The first kappa shape index (κ1) is 14.7. The molecule has 0 aromatic carbocycles. The number of nitrogens with zero attached hydrogens (tertiary/aromatic N) is 4. The smallest absolute Gasteiger partial charge is 0.415 e. The zero-order chi connectivity index (χ0) is 15.7. The molecule has 0 unspecified atom stereocenters. The second kappa shape index (κ2) is 5.90. The maximum absolute atomic E-state index is 11.7. The van der Waals surface area contributed by atoms with Crippen LogP contribution in [-0.2, 0) is 9.53 Å². The number of anilines is 1. The Bertz CT molecular complexity index is 567. The van der Waals surface area contributed by atoms with Gasteiger partial charge in [-0.25, -0.2) is 9.78 Å². The topological polar surface area (TPSA) is 75.6 Å². The monoisotopic (exact) mass is 304 g/mol. The molecular weight excluding hydrogens is 284 g/mol. The zero-order valence-electron chi connectivity index (χ0n) is 12.9. The van der Waals surface area contributed by atoms with E-state index >= 15 is 0 Å². The van der Waals surface area contributed by atoms with Gasteiger partial charge in [0.25, 0.3) is 0 Å². The Balaban J connectivity index is 1.67. The van der Waals surface area contributed by atoms with E-state index in [0.29, 0.717) is 18.3 Å². The van der Waals surface area contributed by atoms with Gasteiger partial charge in [-0.3, -0.25) is 14.7 Å². The minimum atomic E-state index is -0.371. The predicted octanol–water partition coefficient (Wildman–Crippen LogP) is 1.55. The molecule has 0 aliphatic carbocycles. The average molecular weight is 304 g/mol. The Hall–Kier alpha value is -2.18. The van der Waals surface area contributed by atoms with Crippen molar-refractivity contribution in [1.82, 2.24) is 14.9 Å². The Kier molecular flexibility index (Phi) is 3.96. The van der Waals surface area contributed by atoms with Crippen LogP contribution in [0.3, 0.4) is 0 Å². The first-order valence-corrected chi connectivity index (χ1v) is 7.59. The van der Waals surface area contributed by atoms with E-state index in [1.807, 2.05) is 11.8 Å². The first-order chi connectivity index (χ1) is 10.6. The molecule has 2 amide bonds. The number of carbonyl (C=O) groups is 2. The third kappa shape index (κ3) is 2.75. The van der Waals surface area contributed by atoms with Crippen molar-refractivity contribution in [1.29, 1.82) is 0 Å². The number of cyclic esters (lactones) is 1. The quantitative estimate of drug-likeness (QED) is 0.828. The lowest BCUT2D eigenvalue weighted by atomic mass is 9.94. The van der Waals surface area contributed by atoms with Gasteiger partial charge in [0, 0.05) is 25.9 Å². The van der Waals surface area contributed by atoms with Crippen LogP contribution in [0, 0.1) is 0 Å². The van der Waals surface area contributed by atoms with Gasteiger partial charge < -0.3 is 9.64 Å². The predicted molar refractivity (Wildman–Crippen MR) is 79.6 cm³/mol. The van der Waals surface area contributed by atoms with Crippen LogP contribution in [0.2, 0.25) is 0 Å².